The molecule has 2 aromatic rings. The molecule has 0 spiro atoms. The SMILES string of the molecule is C=NC(=NC=C1CC(C)=C(C)n2c1nc1cc3c(cc12)C(C)(C)CC3(C)C)C(C)(C)C. The highest BCUT2D eigenvalue weighted by molar-refractivity contribution is 5.92. The summed E-state index contributed by atoms with van der Waals surface area (Å²) < 4.78 is 2.33. The summed E-state index contributed by atoms with van der Waals surface area (Å²) in [5.41, 5.74) is 9.09. The molecule has 0 saturated heterocycles. The third-order valence-electron chi connectivity index (χ3n) is 7.00. The second kappa shape index (κ2) is 6.75. The monoisotopic (exact) mass is 416 g/mol. The summed E-state index contributed by atoms with van der Waals surface area (Å²) in [6.07, 6.45) is 3.96. The average molecular weight is 417 g/mol. The topological polar surface area (TPSA) is 42.5 Å². The van der Waals surface area contributed by atoms with Crippen LogP contribution in [0.4, 0.5) is 0 Å². The number of nitrogens with zero attached hydrogens (tertiary/aromatic N) is 4. The molecule has 1 aliphatic carbocycles. The van der Waals surface area contributed by atoms with Crippen LogP contribution in [0.2, 0.25) is 0 Å². The first-order valence-electron chi connectivity index (χ1n) is 11.2. The van der Waals surface area contributed by atoms with E-state index in [-0.39, 0.29) is 16.2 Å². The highest BCUT2D eigenvalue weighted by atomic mass is 15.1. The van der Waals surface area contributed by atoms with Crippen LogP contribution in [0, 0.1) is 5.41 Å². The van der Waals surface area contributed by atoms with Gasteiger partial charge in [-0.2, -0.15) is 0 Å². The van der Waals surface area contributed by atoms with E-state index in [0.717, 1.165) is 35.6 Å². The van der Waals surface area contributed by atoms with Gasteiger partial charge in [0.25, 0.3) is 0 Å². The van der Waals surface area contributed by atoms with E-state index >= 15 is 0 Å². The third-order valence-corrected chi connectivity index (χ3v) is 7.00. The Hall–Kier alpha value is -2.49. The molecule has 0 fully saturated rings. The van der Waals surface area contributed by atoms with Crippen molar-refractivity contribution in [3.8, 4) is 0 Å². The van der Waals surface area contributed by atoms with Gasteiger partial charge in [-0.15, -0.1) is 0 Å². The number of fused-ring (bicyclic) bond motifs is 4. The molecule has 1 aromatic heterocycles. The highest BCUT2D eigenvalue weighted by Gasteiger charge is 2.42. The number of hydrogen-bond acceptors (Lipinski definition) is 2. The fourth-order valence-corrected chi connectivity index (χ4v) is 5.49. The van der Waals surface area contributed by atoms with Crippen LogP contribution in [0.1, 0.15) is 92.1 Å². The first kappa shape index (κ1) is 21.7. The standard InChI is InChI=1S/C27H36N4/c1-16-11-18(14-29-24(28-10)25(3,4)5)23-30-21-12-19-20(13-22(21)31(23)17(16)2)27(8,9)15-26(19,6)7/h12-14H,10-11,15H2,1-9H3. The molecule has 0 unspecified atom stereocenters. The van der Waals surface area contributed by atoms with Gasteiger partial charge in [-0.1, -0.05) is 48.5 Å². The molecule has 0 N–H and O–H groups in total. The zero-order valence-electron chi connectivity index (χ0n) is 20.6. The zero-order valence-corrected chi connectivity index (χ0v) is 20.6. The van der Waals surface area contributed by atoms with Gasteiger partial charge in [-0.05, 0) is 66.6 Å². The minimum absolute atomic E-state index is 0.146. The predicted molar refractivity (Wildman–Crippen MR) is 134 cm³/mol. The van der Waals surface area contributed by atoms with Crippen molar-refractivity contribution in [3.05, 3.63) is 40.9 Å². The number of aliphatic imine (C=N–C) groups is 2. The largest absolute Gasteiger partial charge is 0.297 e. The van der Waals surface area contributed by atoms with Gasteiger partial charge < -0.3 is 0 Å². The molecule has 4 rings (SSSR count). The predicted octanol–water partition coefficient (Wildman–Crippen LogP) is 7.14. The number of aromatic nitrogens is 2. The van der Waals surface area contributed by atoms with Gasteiger partial charge in [0, 0.05) is 29.3 Å². The van der Waals surface area contributed by atoms with Gasteiger partial charge in [0.05, 0.1) is 11.0 Å². The maximum atomic E-state index is 5.12. The number of imidazole rings is 1. The number of hydrogen-bond donors (Lipinski definition) is 0. The molecule has 4 nitrogen and oxygen atoms in total. The van der Waals surface area contributed by atoms with Crippen LogP contribution in [0.5, 0.6) is 0 Å². The van der Waals surface area contributed by atoms with E-state index in [1.807, 2.05) is 6.20 Å². The molecule has 31 heavy (non-hydrogen) atoms. The molecule has 0 saturated carbocycles. The van der Waals surface area contributed by atoms with Crippen LogP contribution in [-0.2, 0) is 10.8 Å². The molecule has 2 heterocycles. The Morgan fingerprint density at radius 1 is 1.10 bits per heavy atom. The fourth-order valence-electron chi connectivity index (χ4n) is 5.49. The lowest BCUT2D eigenvalue weighted by Gasteiger charge is -2.23. The molecular weight excluding hydrogens is 380 g/mol. The first-order chi connectivity index (χ1) is 14.3. The van der Waals surface area contributed by atoms with Crippen LogP contribution in [-0.4, -0.2) is 22.1 Å². The van der Waals surface area contributed by atoms with Crippen molar-refractivity contribution in [1.29, 1.82) is 0 Å². The lowest BCUT2D eigenvalue weighted by Crippen LogP contribution is -2.18. The Labute approximate surface area is 186 Å². The molecule has 0 radical (unpaired) electrons. The van der Waals surface area contributed by atoms with Crippen molar-refractivity contribution in [2.24, 2.45) is 15.4 Å². The van der Waals surface area contributed by atoms with Gasteiger partial charge in [-0.3, -0.25) is 4.57 Å². The third kappa shape index (κ3) is 3.40. The molecule has 0 bridgehead atoms. The van der Waals surface area contributed by atoms with Crippen LogP contribution in [0.3, 0.4) is 0 Å². The van der Waals surface area contributed by atoms with Crippen molar-refractivity contribution >= 4 is 34.9 Å². The molecule has 0 atom stereocenters. The summed E-state index contributed by atoms with van der Waals surface area (Å²) in [5.74, 6) is 1.74. The second-order valence-electron chi connectivity index (χ2n) is 11.7. The van der Waals surface area contributed by atoms with Crippen molar-refractivity contribution in [1.82, 2.24) is 9.55 Å². The van der Waals surface area contributed by atoms with Gasteiger partial charge >= 0.3 is 0 Å². The number of allylic oxidation sites excluding steroid dienone is 3. The summed E-state index contributed by atoms with van der Waals surface area (Å²) >= 11 is 0. The van der Waals surface area contributed by atoms with E-state index in [1.165, 1.54) is 27.9 Å². The zero-order chi connectivity index (χ0) is 22.9. The van der Waals surface area contributed by atoms with Crippen molar-refractivity contribution in [2.45, 2.75) is 86.0 Å². The van der Waals surface area contributed by atoms with E-state index in [0.29, 0.717) is 0 Å². The minimum atomic E-state index is -0.146. The quantitative estimate of drug-likeness (QED) is 0.360. The Morgan fingerprint density at radius 2 is 1.71 bits per heavy atom. The van der Waals surface area contributed by atoms with E-state index in [1.54, 1.807) is 0 Å². The normalized spacial score (nSPS) is 21.6. The lowest BCUT2D eigenvalue weighted by molar-refractivity contribution is 0.403. The molecule has 2 aliphatic rings. The van der Waals surface area contributed by atoms with E-state index < -0.39 is 0 Å². The Morgan fingerprint density at radius 3 is 2.29 bits per heavy atom. The van der Waals surface area contributed by atoms with Gasteiger partial charge in [0.2, 0.25) is 0 Å². The van der Waals surface area contributed by atoms with E-state index in [4.69, 9.17) is 9.98 Å². The molecule has 4 heteroatoms. The lowest BCUT2D eigenvalue weighted by atomic mass is 9.82. The number of amidine groups is 1. The van der Waals surface area contributed by atoms with Crippen LogP contribution in [0.15, 0.2) is 33.9 Å². The van der Waals surface area contributed by atoms with Gasteiger partial charge in [0.15, 0.2) is 0 Å². The smallest absolute Gasteiger partial charge is 0.143 e. The fraction of sp³-hybridized carbons (Fsp3) is 0.519. The van der Waals surface area contributed by atoms with Crippen LogP contribution in [0.25, 0.3) is 22.3 Å². The number of benzene rings is 1. The Balaban J connectivity index is 1.96. The van der Waals surface area contributed by atoms with Gasteiger partial charge in [0.1, 0.15) is 11.7 Å². The van der Waals surface area contributed by atoms with Crippen LogP contribution < -0.4 is 0 Å². The summed E-state index contributed by atoms with van der Waals surface area (Å²) in [6, 6.07) is 4.73. The summed E-state index contributed by atoms with van der Waals surface area (Å²) in [5, 5.41) is 0. The molecule has 1 aromatic carbocycles. The number of rotatable bonds is 1. The van der Waals surface area contributed by atoms with Crippen molar-refractivity contribution in [3.63, 3.8) is 0 Å². The molecule has 164 valence electrons. The van der Waals surface area contributed by atoms with Crippen LogP contribution >= 0.6 is 0 Å². The summed E-state index contributed by atoms with van der Waals surface area (Å²) in [7, 11) is 0. The molecular formula is C27H36N4. The average Bonchev–Trinajstić information content (AvgIpc) is 3.09. The maximum absolute atomic E-state index is 5.12. The highest BCUT2D eigenvalue weighted by Crippen LogP contribution is 2.51. The van der Waals surface area contributed by atoms with E-state index in [2.05, 4.69) is 90.7 Å². The Kier molecular flexibility index (Phi) is 4.73. The summed E-state index contributed by atoms with van der Waals surface area (Å²) in [4.78, 5) is 14.0. The Bertz CT molecular complexity index is 1190. The van der Waals surface area contributed by atoms with Gasteiger partial charge in [-0.25, -0.2) is 15.0 Å². The van der Waals surface area contributed by atoms with Crippen molar-refractivity contribution in [2.75, 3.05) is 0 Å². The molecule has 0 amide bonds. The second-order valence-corrected chi connectivity index (χ2v) is 11.7. The van der Waals surface area contributed by atoms with Crippen molar-refractivity contribution < 1.29 is 0 Å². The van der Waals surface area contributed by atoms with E-state index in [9.17, 15) is 0 Å². The maximum Gasteiger partial charge on any atom is 0.143 e. The first-order valence-corrected chi connectivity index (χ1v) is 11.2. The minimum Gasteiger partial charge on any atom is -0.297 e. The molecule has 1 aliphatic heterocycles. The summed E-state index contributed by atoms with van der Waals surface area (Å²) in [6.45, 7) is 23.9.